The molecule has 3 aromatic rings. The number of Topliss-reactive ketones (excluding diaryl/α,β-unsaturated/α-hetero) is 1. The monoisotopic (exact) mass is 384 g/mol. The van der Waals surface area contributed by atoms with Gasteiger partial charge in [-0.1, -0.05) is 11.6 Å². The van der Waals surface area contributed by atoms with Crippen LogP contribution in [0.2, 0.25) is 5.02 Å². The first-order valence-corrected chi connectivity index (χ1v) is 7.53. The minimum atomic E-state index is -4.77. The molecule has 0 aliphatic heterocycles. The first-order chi connectivity index (χ1) is 12.2. The van der Waals surface area contributed by atoms with Crippen molar-refractivity contribution in [2.45, 2.75) is 6.18 Å². The highest BCUT2D eigenvalue weighted by atomic mass is 35.5. The van der Waals surface area contributed by atoms with Crippen LogP contribution in [-0.2, 0) is 11.0 Å². The van der Waals surface area contributed by atoms with Crippen LogP contribution in [0.3, 0.4) is 0 Å². The van der Waals surface area contributed by atoms with Crippen LogP contribution in [0.25, 0.3) is 10.9 Å². The maximum Gasteiger partial charge on any atom is 0.418 e. The Kier molecular flexibility index (Phi) is 4.45. The molecule has 1 heterocycles. The SMILES string of the molecule is O=C(Nc1ccc(Cl)cc1C(F)(F)F)C(=O)c1c[nH]c2cc(F)ccc12. The van der Waals surface area contributed by atoms with Gasteiger partial charge in [-0.2, -0.15) is 13.2 Å². The van der Waals surface area contributed by atoms with Gasteiger partial charge in [0.1, 0.15) is 5.82 Å². The van der Waals surface area contributed by atoms with Gasteiger partial charge in [-0.25, -0.2) is 4.39 Å². The van der Waals surface area contributed by atoms with Gasteiger partial charge in [0, 0.05) is 22.1 Å². The van der Waals surface area contributed by atoms with E-state index >= 15 is 0 Å². The molecule has 0 aliphatic carbocycles. The zero-order valence-corrected chi connectivity index (χ0v) is 13.5. The number of anilines is 1. The van der Waals surface area contributed by atoms with Crippen molar-refractivity contribution in [3.63, 3.8) is 0 Å². The number of rotatable bonds is 3. The van der Waals surface area contributed by atoms with Gasteiger partial charge in [0.2, 0.25) is 0 Å². The third kappa shape index (κ3) is 3.41. The second-order valence-electron chi connectivity index (χ2n) is 5.36. The topological polar surface area (TPSA) is 62.0 Å². The van der Waals surface area contributed by atoms with E-state index in [9.17, 15) is 27.2 Å². The number of benzene rings is 2. The predicted molar refractivity (Wildman–Crippen MR) is 87.7 cm³/mol. The molecule has 4 nitrogen and oxygen atoms in total. The smallest absolute Gasteiger partial charge is 0.360 e. The maximum absolute atomic E-state index is 13.2. The van der Waals surface area contributed by atoms with E-state index in [-0.39, 0.29) is 21.5 Å². The number of carbonyl (C=O) groups is 2. The van der Waals surface area contributed by atoms with Crippen LogP contribution in [0.15, 0.2) is 42.6 Å². The van der Waals surface area contributed by atoms with E-state index in [2.05, 4.69) is 4.98 Å². The summed E-state index contributed by atoms with van der Waals surface area (Å²) in [7, 11) is 0. The Labute approximate surface area is 148 Å². The summed E-state index contributed by atoms with van der Waals surface area (Å²) in [6.07, 6.45) is -3.58. The molecule has 0 atom stereocenters. The molecule has 134 valence electrons. The molecule has 0 saturated carbocycles. The third-order valence-electron chi connectivity index (χ3n) is 3.63. The van der Waals surface area contributed by atoms with Crippen molar-refractivity contribution in [3.8, 4) is 0 Å². The molecular weight excluding hydrogens is 376 g/mol. The number of aromatic nitrogens is 1. The molecule has 0 unspecified atom stereocenters. The Bertz CT molecular complexity index is 1030. The molecule has 0 aliphatic rings. The number of H-pyrrole nitrogens is 1. The molecule has 3 rings (SSSR count). The van der Waals surface area contributed by atoms with Gasteiger partial charge in [0.15, 0.2) is 0 Å². The molecule has 0 saturated heterocycles. The normalized spacial score (nSPS) is 11.6. The average molecular weight is 385 g/mol. The minimum absolute atomic E-state index is 0.0833. The van der Waals surface area contributed by atoms with E-state index in [4.69, 9.17) is 11.6 Å². The number of ketones is 1. The van der Waals surface area contributed by atoms with E-state index in [0.717, 1.165) is 24.3 Å². The quantitative estimate of drug-likeness (QED) is 0.387. The summed E-state index contributed by atoms with van der Waals surface area (Å²) in [5, 5.41) is 2.06. The van der Waals surface area contributed by atoms with Crippen molar-refractivity contribution in [3.05, 3.63) is 64.6 Å². The van der Waals surface area contributed by atoms with E-state index < -0.39 is 34.9 Å². The molecule has 26 heavy (non-hydrogen) atoms. The van der Waals surface area contributed by atoms with Crippen LogP contribution >= 0.6 is 11.6 Å². The van der Waals surface area contributed by atoms with Crippen LogP contribution < -0.4 is 5.32 Å². The number of halogens is 5. The van der Waals surface area contributed by atoms with E-state index in [0.29, 0.717) is 6.07 Å². The van der Waals surface area contributed by atoms with Gasteiger partial charge in [-0.05, 0) is 36.4 Å². The Morgan fingerprint density at radius 1 is 1.08 bits per heavy atom. The maximum atomic E-state index is 13.2. The molecule has 1 amide bonds. The van der Waals surface area contributed by atoms with Crippen molar-refractivity contribution in [2.75, 3.05) is 5.32 Å². The summed E-state index contributed by atoms with van der Waals surface area (Å²) in [6.45, 7) is 0. The molecule has 2 N–H and O–H groups in total. The fourth-order valence-corrected chi connectivity index (χ4v) is 2.62. The van der Waals surface area contributed by atoms with Crippen molar-refractivity contribution in [2.24, 2.45) is 0 Å². The number of amides is 1. The molecule has 0 bridgehead atoms. The molecular formula is C17H9ClF4N2O2. The van der Waals surface area contributed by atoms with E-state index in [1.807, 2.05) is 5.32 Å². The largest absolute Gasteiger partial charge is 0.418 e. The molecule has 0 radical (unpaired) electrons. The number of hydrogen-bond acceptors (Lipinski definition) is 2. The zero-order valence-electron chi connectivity index (χ0n) is 12.7. The Balaban J connectivity index is 1.92. The number of carbonyl (C=O) groups excluding carboxylic acids is 2. The van der Waals surface area contributed by atoms with E-state index in [1.54, 1.807) is 0 Å². The fraction of sp³-hybridized carbons (Fsp3) is 0.0588. The number of aromatic amines is 1. The lowest BCUT2D eigenvalue weighted by Crippen LogP contribution is -2.24. The van der Waals surface area contributed by atoms with Crippen LogP contribution in [-0.4, -0.2) is 16.7 Å². The summed E-state index contributed by atoms with van der Waals surface area (Å²) >= 11 is 5.57. The average Bonchev–Trinajstić information content (AvgIpc) is 2.97. The number of fused-ring (bicyclic) bond motifs is 1. The molecule has 0 fully saturated rings. The molecule has 0 spiro atoms. The van der Waals surface area contributed by atoms with Crippen LogP contribution in [0.4, 0.5) is 23.2 Å². The van der Waals surface area contributed by atoms with Crippen LogP contribution in [0, 0.1) is 5.82 Å². The standard InChI is InChI=1S/C17H9ClF4N2O2/c18-8-1-4-13(12(5-8)17(20,21)22)24-16(26)15(25)11-7-23-14-6-9(19)2-3-10(11)14/h1-7,23H,(H,24,26). The van der Waals surface area contributed by atoms with Gasteiger partial charge in [0.05, 0.1) is 16.8 Å². The van der Waals surface area contributed by atoms with Gasteiger partial charge in [-0.3, -0.25) is 9.59 Å². The third-order valence-corrected chi connectivity index (χ3v) is 3.86. The number of nitrogens with one attached hydrogen (secondary N) is 2. The first kappa shape index (κ1) is 17.9. The summed E-state index contributed by atoms with van der Waals surface area (Å²) in [5.74, 6) is -2.87. The van der Waals surface area contributed by atoms with Crippen molar-refractivity contribution in [1.29, 1.82) is 0 Å². The molecule has 2 aromatic carbocycles. The van der Waals surface area contributed by atoms with Crippen molar-refractivity contribution in [1.82, 2.24) is 4.98 Å². The van der Waals surface area contributed by atoms with E-state index in [1.165, 1.54) is 12.3 Å². The Morgan fingerprint density at radius 3 is 2.50 bits per heavy atom. The number of alkyl halides is 3. The second-order valence-corrected chi connectivity index (χ2v) is 5.80. The lowest BCUT2D eigenvalue weighted by atomic mass is 10.1. The van der Waals surface area contributed by atoms with Crippen LogP contribution in [0.1, 0.15) is 15.9 Å². The summed E-state index contributed by atoms with van der Waals surface area (Å²) in [6, 6.07) is 6.30. The zero-order chi connectivity index (χ0) is 19.1. The first-order valence-electron chi connectivity index (χ1n) is 7.16. The van der Waals surface area contributed by atoms with Crippen molar-refractivity contribution < 1.29 is 27.2 Å². The van der Waals surface area contributed by atoms with Crippen LogP contribution in [0.5, 0.6) is 0 Å². The highest BCUT2D eigenvalue weighted by Gasteiger charge is 2.35. The highest BCUT2D eigenvalue weighted by molar-refractivity contribution is 6.48. The lowest BCUT2D eigenvalue weighted by molar-refractivity contribution is -0.137. The van der Waals surface area contributed by atoms with Gasteiger partial charge in [-0.15, -0.1) is 0 Å². The van der Waals surface area contributed by atoms with Gasteiger partial charge in [0.25, 0.3) is 11.7 Å². The number of hydrogen-bond donors (Lipinski definition) is 2. The summed E-state index contributed by atoms with van der Waals surface area (Å²) in [4.78, 5) is 27.1. The summed E-state index contributed by atoms with van der Waals surface area (Å²) in [5.41, 5.74) is -1.57. The molecule has 9 heteroatoms. The minimum Gasteiger partial charge on any atom is -0.360 e. The summed E-state index contributed by atoms with van der Waals surface area (Å²) < 4.78 is 52.4. The highest BCUT2D eigenvalue weighted by Crippen LogP contribution is 2.36. The lowest BCUT2D eigenvalue weighted by Gasteiger charge is -2.13. The molecule has 1 aromatic heterocycles. The predicted octanol–water partition coefficient (Wildman–Crippen LogP) is 4.80. The van der Waals surface area contributed by atoms with Crippen molar-refractivity contribution >= 4 is 39.9 Å². The Hall–Kier alpha value is -2.87. The van der Waals surface area contributed by atoms with Gasteiger partial charge >= 0.3 is 6.18 Å². The second kappa shape index (κ2) is 6.45. The van der Waals surface area contributed by atoms with Gasteiger partial charge < -0.3 is 10.3 Å². The Morgan fingerprint density at radius 2 is 1.81 bits per heavy atom. The fourth-order valence-electron chi connectivity index (χ4n) is 2.45.